The highest BCUT2D eigenvalue weighted by Crippen LogP contribution is 2.31. The standard InChI is InChI=1S/C7H4Br2N2S/c1-3-11-5-4(8)2-10-7(9)6(5)12-3/h2H,1H3. The highest BCUT2D eigenvalue weighted by molar-refractivity contribution is 9.11. The molecule has 0 aromatic carbocycles. The Labute approximate surface area is 90.3 Å². The predicted molar refractivity (Wildman–Crippen MR) is 57.6 cm³/mol. The van der Waals surface area contributed by atoms with E-state index in [9.17, 15) is 0 Å². The number of aromatic nitrogens is 2. The molecule has 2 aromatic heterocycles. The SMILES string of the molecule is Cc1nc2c(Br)cnc(Br)c2s1. The molecule has 0 amide bonds. The summed E-state index contributed by atoms with van der Waals surface area (Å²) in [5.41, 5.74) is 0.986. The highest BCUT2D eigenvalue weighted by Gasteiger charge is 2.08. The van der Waals surface area contributed by atoms with E-state index in [4.69, 9.17) is 0 Å². The molecule has 12 heavy (non-hydrogen) atoms. The van der Waals surface area contributed by atoms with Crippen molar-refractivity contribution in [1.29, 1.82) is 0 Å². The van der Waals surface area contributed by atoms with Crippen molar-refractivity contribution >= 4 is 53.4 Å². The van der Waals surface area contributed by atoms with Crippen molar-refractivity contribution in [3.63, 3.8) is 0 Å². The topological polar surface area (TPSA) is 25.8 Å². The molecule has 0 saturated heterocycles. The third-order valence-corrected chi connectivity index (χ3v) is 3.86. The van der Waals surface area contributed by atoms with Gasteiger partial charge in [-0.15, -0.1) is 11.3 Å². The second kappa shape index (κ2) is 3.05. The fourth-order valence-electron chi connectivity index (χ4n) is 0.962. The van der Waals surface area contributed by atoms with Gasteiger partial charge in [-0.1, -0.05) is 0 Å². The van der Waals surface area contributed by atoms with Crippen LogP contribution in [0.15, 0.2) is 15.3 Å². The summed E-state index contributed by atoms with van der Waals surface area (Å²) in [6.07, 6.45) is 1.76. The van der Waals surface area contributed by atoms with Crippen LogP contribution in [0.2, 0.25) is 0 Å². The van der Waals surface area contributed by atoms with Gasteiger partial charge in [0.05, 0.1) is 14.2 Å². The first-order valence-corrected chi connectivity index (χ1v) is 5.66. The summed E-state index contributed by atoms with van der Waals surface area (Å²) in [4.78, 5) is 8.54. The molecule has 0 N–H and O–H groups in total. The molecule has 0 bridgehead atoms. The number of fused-ring (bicyclic) bond motifs is 1. The van der Waals surface area contributed by atoms with Crippen LogP contribution in [-0.2, 0) is 0 Å². The fraction of sp³-hybridized carbons (Fsp3) is 0.143. The maximum absolute atomic E-state index is 4.38. The number of halogens is 2. The smallest absolute Gasteiger partial charge is 0.125 e. The fourth-order valence-corrected chi connectivity index (χ4v) is 2.84. The first kappa shape index (κ1) is 8.59. The average molecular weight is 308 g/mol. The number of rotatable bonds is 0. The van der Waals surface area contributed by atoms with Gasteiger partial charge < -0.3 is 0 Å². The van der Waals surface area contributed by atoms with Gasteiger partial charge >= 0.3 is 0 Å². The van der Waals surface area contributed by atoms with Gasteiger partial charge in [0.1, 0.15) is 10.1 Å². The summed E-state index contributed by atoms with van der Waals surface area (Å²) in [7, 11) is 0. The van der Waals surface area contributed by atoms with Crippen molar-refractivity contribution in [2.45, 2.75) is 6.92 Å². The molecule has 0 radical (unpaired) electrons. The van der Waals surface area contributed by atoms with Gasteiger partial charge in [0.2, 0.25) is 0 Å². The molecule has 0 saturated carbocycles. The van der Waals surface area contributed by atoms with Gasteiger partial charge in [-0.2, -0.15) is 0 Å². The van der Waals surface area contributed by atoms with Crippen molar-refractivity contribution in [1.82, 2.24) is 9.97 Å². The quantitative estimate of drug-likeness (QED) is 0.696. The van der Waals surface area contributed by atoms with Crippen LogP contribution in [0.5, 0.6) is 0 Å². The number of nitrogens with zero attached hydrogens (tertiary/aromatic N) is 2. The van der Waals surface area contributed by atoms with Crippen molar-refractivity contribution in [2.75, 3.05) is 0 Å². The molecule has 0 aliphatic carbocycles. The van der Waals surface area contributed by atoms with Crippen molar-refractivity contribution in [3.05, 3.63) is 20.3 Å². The molecule has 0 aliphatic heterocycles. The third-order valence-electron chi connectivity index (χ3n) is 1.44. The Kier molecular flexibility index (Phi) is 2.18. The van der Waals surface area contributed by atoms with Gasteiger partial charge in [-0.3, -0.25) is 0 Å². The van der Waals surface area contributed by atoms with Gasteiger partial charge in [-0.25, -0.2) is 9.97 Å². The molecule has 0 aliphatic rings. The summed E-state index contributed by atoms with van der Waals surface area (Å²) >= 11 is 8.43. The van der Waals surface area contributed by atoms with Crippen LogP contribution in [0.25, 0.3) is 10.2 Å². The number of thiazole rings is 1. The number of aryl methyl sites for hydroxylation is 1. The Balaban J connectivity index is 2.93. The van der Waals surface area contributed by atoms with Gasteiger partial charge in [0, 0.05) is 6.20 Å². The zero-order valence-electron chi connectivity index (χ0n) is 6.14. The monoisotopic (exact) mass is 306 g/mol. The Morgan fingerprint density at radius 2 is 2.17 bits per heavy atom. The molecule has 2 heterocycles. The third kappa shape index (κ3) is 1.30. The molecule has 62 valence electrons. The Bertz CT molecular complexity index is 399. The van der Waals surface area contributed by atoms with Gasteiger partial charge in [-0.05, 0) is 38.8 Å². The summed E-state index contributed by atoms with van der Waals surface area (Å²) in [6.45, 7) is 1.99. The minimum Gasteiger partial charge on any atom is -0.247 e. The number of pyridine rings is 1. The summed E-state index contributed by atoms with van der Waals surface area (Å²) in [6, 6.07) is 0. The largest absolute Gasteiger partial charge is 0.247 e. The summed E-state index contributed by atoms with van der Waals surface area (Å²) in [5, 5.41) is 1.06. The van der Waals surface area contributed by atoms with E-state index in [-0.39, 0.29) is 0 Å². The molecule has 2 nitrogen and oxygen atoms in total. The van der Waals surface area contributed by atoms with E-state index < -0.39 is 0 Å². The number of hydrogen-bond acceptors (Lipinski definition) is 3. The highest BCUT2D eigenvalue weighted by atomic mass is 79.9. The second-order valence-electron chi connectivity index (χ2n) is 2.31. The van der Waals surface area contributed by atoms with Crippen molar-refractivity contribution in [3.8, 4) is 0 Å². The van der Waals surface area contributed by atoms with Crippen molar-refractivity contribution in [2.24, 2.45) is 0 Å². The van der Waals surface area contributed by atoms with E-state index in [2.05, 4.69) is 41.8 Å². The van der Waals surface area contributed by atoms with E-state index in [1.165, 1.54) is 0 Å². The molecule has 0 atom stereocenters. The van der Waals surface area contributed by atoms with Gasteiger partial charge in [0.15, 0.2) is 0 Å². The molecule has 0 unspecified atom stereocenters. The van der Waals surface area contributed by atoms with Crippen LogP contribution < -0.4 is 0 Å². The zero-order valence-corrected chi connectivity index (χ0v) is 10.1. The minimum absolute atomic E-state index is 0.867. The van der Waals surface area contributed by atoms with Gasteiger partial charge in [0.25, 0.3) is 0 Å². The van der Waals surface area contributed by atoms with Crippen LogP contribution in [0.3, 0.4) is 0 Å². The van der Waals surface area contributed by atoms with E-state index in [0.717, 1.165) is 24.3 Å². The lowest BCUT2D eigenvalue weighted by Gasteiger charge is -1.92. The zero-order chi connectivity index (χ0) is 8.72. The maximum atomic E-state index is 4.38. The molecular weight excluding hydrogens is 304 g/mol. The van der Waals surface area contributed by atoms with E-state index in [1.807, 2.05) is 6.92 Å². The molecule has 2 aromatic rings. The van der Waals surface area contributed by atoms with E-state index in [0.29, 0.717) is 0 Å². The lowest BCUT2D eigenvalue weighted by atomic mass is 10.4. The minimum atomic E-state index is 0.867. The van der Waals surface area contributed by atoms with Crippen LogP contribution in [0.1, 0.15) is 5.01 Å². The molecule has 5 heteroatoms. The van der Waals surface area contributed by atoms with Crippen molar-refractivity contribution < 1.29 is 0 Å². The molecule has 2 rings (SSSR count). The predicted octanol–water partition coefficient (Wildman–Crippen LogP) is 3.52. The maximum Gasteiger partial charge on any atom is 0.125 e. The Morgan fingerprint density at radius 3 is 2.83 bits per heavy atom. The lowest BCUT2D eigenvalue weighted by molar-refractivity contribution is 1.28. The van der Waals surface area contributed by atoms with Crippen LogP contribution in [0.4, 0.5) is 0 Å². The molecule has 0 spiro atoms. The Morgan fingerprint density at radius 1 is 1.42 bits per heavy atom. The summed E-state index contributed by atoms with van der Waals surface area (Å²) in [5.74, 6) is 0. The van der Waals surface area contributed by atoms with Crippen LogP contribution in [-0.4, -0.2) is 9.97 Å². The van der Waals surface area contributed by atoms with Crippen LogP contribution in [0, 0.1) is 6.92 Å². The first-order valence-electron chi connectivity index (χ1n) is 3.25. The van der Waals surface area contributed by atoms with E-state index in [1.54, 1.807) is 17.5 Å². The number of hydrogen-bond donors (Lipinski definition) is 0. The first-order chi connectivity index (χ1) is 5.68. The van der Waals surface area contributed by atoms with Crippen LogP contribution >= 0.6 is 43.2 Å². The molecular formula is C7H4Br2N2S. The van der Waals surface area contributed by atoms with E-state index >= 15 is 0 Å². The second-order valence-corrected chi connectivity index (χ2v) is 5.12. The summed E-state index contributed by atoms with van der Waals surface area (Å²) < 4.78 is 2.92. The molecule has 0 fully saturated rings. The average Bonchev–Trinajstić information content (AvgIpc) is 2.41. The Hall–Kier alpha value is -0.0000000000000000833. The lowest BCUT2D eigenvalue weighted by Crippen LogP contribution is -1.77. The normalized spacial score (nSPS) is 10.9.